The van der Waals surface area contributed by atoms with E-state index < -0.39 is 11.6 Å². The van der Waals surface area contributed by atoms with Crippen molar-refractivity contribution in [3.8, 4) is 0 Å². The van der Waals surface area contributed by atoms with Crippen molar-refractivity contribution in [1.82, 2.24) is 25.6 Å². The molecule has 1 saturated heterocycles. The number of nitrogens with zero attached hydrogens (tertiary/aromatic N) is 3. The third-order valence-corrected chi connectivity index (χ3v) is 6.51. The van der Waals surface area contributed by atoms with Crippen LogP contribution in [0.2, 0.25) is 5.02 Å². The minimum atomic E-state index is -1.28. The van der Waals surface area contributed by atoms with Crippen molar-refractivity contribution in [1.29, 1.82) is 0 Å². The third kappa shape index (κ3) is 5.07. The van der Waals surface area contributed by atoms with E-state index in [1.165, 1.54) is 6.33 Å². The fourth-order valence-electron chi connectivity index (χ4n) is 4.43. The number of nitrogens with one attached hydrogen (secondary N) is 3. The third-order valence-electron chi connectivity index (χ3n) is 6.26. The molecule has 3 heterocycles. The number of benzene rings is 1. The van der Waals surface area contributed by atoms with Gasteiger partial charge in [-0.3, -0.25) is 4.79 Å². The summed E-state index contributed by atoms with van der Waals surface area (Å²) in [6.07, 6.45) is 3.56. The van der Waals surface area contributed by atoms with Gasteiger partial charge in [-0.25, -0.2) is 14.8 Å². The molecule has 11 heteroatoms. The summed E-state index contributed by atoms with van der Waals surface area (Å²) >= 11 is 6.00. The number of carboxylic acid groups (broad SMARTS) is 1. The predicted molar refractivity (Wildman–Crippen MR) is 128 cm³/mol. The van der Waals surface area contributed by atoms with Gasteiger partial charge >= 0.3 is 6.09 Å². The van der Waals surface area contributed by atoms with Gasteiger partial charge in [0.05, 0.1) is 11.4 Å². The number of aromatic nitrogens is 3. The molecule has 1 atom stereocenters. The Hall–Kier alpha value is -3.37. The molecule has 0 radical (unpaired) electrons. The van der Waals surface area contributed by atoms with Crippen LogP contribution in [0, 0.1) is 0 Å². The maximum atomic E-state index is 13.5. The smallest absolute Gasteiger partial charge is 0.405 e. The zero-order valence-electron chi connectivity index (χ0n) is 18.5. The number of hydrogen-bond acceptors (Lipinski definition) is 6. The summed E-state index contributed by atoms with van der Waals surface area (Å²) in [6.45, 7) is 0.862. The van der Waals surface area contributed by atoms with Crippen molar-refractivity contribution in [3.63, 3.8) is 0 Å². The van der Waals surface area contributed by atoms with E-state index in [-0.39, 0.29) is 31.4 Å². The van der Waals surface area contributed by atoms with Crippen LogP contribution in [0.25, 0.3) is 11.0 Å². The molecule has 5 N–H and O–H groups in total. The van der Waals surface area contributed by atoms with Crippen LogP contribution in [0.3, 0.4) is 0 Å². The molecule has 1 unspecified atom stereocenters. The number of carbonyl (C=O) groups is 2. The number of aromatic amines is 1. The minimum Gasteiger partial charge on any atom is -0.465 e. The molecule has 3 aromatic rings. The van der Waals surface area contributed by atoms with Gasteiger partial charge in [0.1, 0.15) is 23.3 Å². The van der Waals surface area contributed by atoms with Gasteiger partial charge in [-0.1, -0.05) is 23.7 Å². The summed E-state index contributed by atoms with van der Waals surface area (Å²) in [5.74, 6) is 0.361. The molecule has 4 rings (SSSR count). The minimum absolute atomic E-state index is 0.0139. The number of hydrogen-bond donors (Lipinski definition) is 5. The average Bonchev–Trinajstić information content (AvgIpc) is 3.31. The van der Waals surface area contributed by atoms with E-state index >= 15 is 0 Å². The highest BCUT2D eigenvalue weighted by atomic mass is 35.5. The number of fused-ring (bicyclic) bond motifs is 1. The molecule has 34 heavy (non-hydrogen) atoms. The van der Waals surface area contributed by atoms with Gasteiger partial charge in [0.2, 0.25) is 5.91 Å². The van der Waals surface area contributed by atoms with Crippen molar-refractivity contribution in [2.24, 2.45) is 0 Å². The molecule has 180 valence electrons. The Morgan fingerprint density at radius 1 is 1.18 bits per heavy atom. The summed E-state index contributed by atoms with van der Waals surface area (Å²) in [4.78, 5) is 38.9. The topological polar surface area (TPSA) is 143 Å². The second kappa shape index (κ2) is 10.3. The van der Waals surface area contributed by atoms with Gasteiger partial charge in [0.15, 0.2) is 0 Å². The molecule has 1 aliphatic heterocycles. The number of amides is 2. The summed E-state index contributed by atoms with van der Waals surface area (Å²) in [7, 11) is 0. The number of aliphatic hydroxyl groups excluding tert-OH is 1. The van der Waals surface area contributed by atoms with Gasteiger partial charge in [-0.15, -0.1) is 0 Å². The summed E-state index contributed by atoms with van der Waals surface area (Å²) in [6, 6.07) is 8.63. The molecule has 0 bridgehead atoms. The largest absolute Gasteiger partial charge is 0.465 e. The van der Waals surface area contributed by atoms with Crippen LogP contribution < -0.4 is 15.5 Å². The Morgan fingerprint density at radius 3 is 2.59 bits per heavy atom. The second-order valence-corrected chi connectivity index (χ2v) is 8.82. The summed E-state index contributed by atoms with van der Waals surface area (Å²) in [5.41, 5.74) is 0.277. The highest BCUT2D eigenvalue weighted by Gasteiger charge is 2.44. The van der Waals surface area contributed by atoms with Gasteiger partial charge in [-0.2, -0.15) is 0 Å². The Bertz CT molecular complexity index is 1140. The molecule has 2 amide bonds. The van der Waals surface area contributed by atoms with Crippen molar-refractivity contribution in [2.75, 3.05) is 24.6 Å². The van der Waals surface area contributed by atoms with Crippen molar-refractivity contribution < 1.29 is 19.8 Å². The first kappa shape index (κ1) is 23.8. The van der Waals surface area contributed by atoms with Crippen LogP contribution in [0.5, 0.6) is 0 Å². The Kier molecular flexibility index (Phi) is 7.18. The van der Waals surface area contributed by atoms with E-state index in [2.05, 4.69) is 25.6 Å². The molecule has 2 aromatic heterocycles. The standard InChI is InChI=1S/C23H27ClN6O4/c24-16-5-3-15(4-6-16)18(2-1-13-31)28-21(32)23(29-22(33)34)8-11-30(12-9-23)20-17-7-10-25-19(17)26-14-27-20/h3-7,10,14,18,29,31H,1-2,8-9,11-13H2,(H,28,32)(H,33,34)(H,25,26,27). The van der Waals surface area contributed by atoms with Crippen LogP contribution in [-0.4, -0.2) is 62.4 Å². The first-order valence-corrected chi connectivity index (χ1v) is 11.5. The molecule has 1 aliphatic rings. The second-order valence-electron chi connectivity index (χ2n) is 8.38. The zero-order valence-corrected chi connectivity index (χ0v) is 19.3. The van der Waals surface area contributed by atoms with E-state index in [1.54, 1.807) is 18.3 Å². The highest BCUT2D eigenvalue weighted by Crippen LogP contribution is 2.30. The van der Waals surface area contributed by atoms with Gasteiger partial charge in [0.25, 0.3) is 0 Å². The molecular formula is C23H27ClN6O4. The van der Waals surface area contributed by atoms with Gasteiger partial charge in [-0.05, 0) is 49.4 Å². The van der Waals surface area contributed by atoms with Crippen LogP contribution in [0.15, 0.2) is 42.9 Å². The Morgan fingerprint density at radius 2 is 1.91 bits per heavy atom. The fraction of sp³-hybridized carbons (Fsp3) is 0.391. The zero-order chi connectivity index (χ0) is 24.1. The lowest BCUT2D eigenvalue weighted by molar-refractivity contribution is -0.129. The molecule has 0 aliphatic carbocycles. The number of anilines is 1. The number of carbonyl (C=O) groups excluding carboxylic acids is 1. The molecule has 1 aromatic carbocycles. The number of rotatable bonds is 8. The lowest BCUT2D eigenvalue weighted by Gasteiger charge is -2.41. The van der Waals surface area contributed by atoms with Gasteiger partial charge in [0, 0.05) is 30.9 Å². The average molecular weight is 487 g/mol. The lowest BCUT2D eigenvalue weighted by atomic mass is 9.85. The highest BCUT2D eigenvalue weighted by molar-refractivity contribution is 6.30. The number of halogens is 1. The lowest BCUT2D eigenvalue weighted by Crippen LogP contribution is -2.63. The molecular weight excluding hydrogens is 460 g/mol. The maximum absolute atomic E-state index is 13.5. The van der Waals surface area contributed by atoms with Crippen LogP contribution in [0.4, 0.5) is 10.6 Å². The SMILES string of the molecule is O=C(O)NC1(C(=O)NC(CCCO)c2ccc(Cl)cc2)CCN(c2ncnc3[nH]ccc23)CC1. The monoisotopic (exact) mass is 486 g/mol. The van der Waals surface area contributed by atoms with Crippen molar-refractivity contribution >= 4 is 40.5 Å². The van der Waals surface area contributed by atoms with Gasteiger partial charge < -0.3 is 30.7 Å². The molecule has 10 nitrogen and oxygen atoms in total. The quantitative estimate of drug-likeness (QED) is 0.329. The van der Waals surface area contributed by atoms with E-state index in [9.17, 15) is 19.8 Å². The fourth-order valence-corrected chi connectivity index (χ4v) is 4.56. The van der Waals surface area contributed by atoms with Crippen molar-refractivity contribution in [2.45, 2.75) is 37.3 Å². The van der Waals surface area contributed by atoms with Crippen LogP contribution in [0.1, 0.15) is 37.3 Å². The normalized spacial score (nSPS) is 16.2. The van der Waals surface area contributed by atoms with Crippen LogP contribution >= 0.6 is 11.6 Å². The maximum Gasteiger partial charge on any atom is 0.405 e. The number of piperidine rings is 1. The van der Waals surface area contributed by atoms with E-state index in [0.29, 0.717) is 31.0 Å². The number of H-pyrrole nitrogens is 1. The van der Waals surface area contributed by atoms with Crippen LogP contribution in [-0.2, 0) is 4.79 Å². The van der Waals surface area contributed by atoms with E-state index in [0.717, 1.165) is 22.4 Å². The molecule has 0 spiro atoms. The Labute approximate surface area is 201 Å². The number of aliphatic hydroxyl groups is 1. The summed E-state index contributed by atoms with van der Waals surface area (Å²) < 4.78 is 0. The first-order valence-electron chi connectivity index (χ1n) is 11.1. The van der Waals surface area contributed by atoms with Crippen molar-refractivity contribution in [3.05, 3.63) is 53.4 Å². The van der Waals surface area contributed by atoms with E-state index in [1.807, 2.05) is 23.1 Å². The first-order chi connectivity index (χ1) is 16.4. The van der Waals surface area contributed by atoms with E-state index in [4.69, 9.17) is 11.6 Å². The molecule has 1 fully saturated rings. The Balaban J connectivity index is 1.53. The molecule has 0 saturated carbocycles. The predicted octanol–water partition coefficient (Wildman–Crippen LogP) is 2.85. The summed E-state index contributed by atoms with van der Waals surface area (Å²) in [5, 5.41) is 25.8.